The van der Waals surface area contributed by atoms with Crippen LogP contribution in [0.5, 0.6) is 0 Å². The Bertz CT molecular complexity index is 1260. The number of alkyl halides is 3. The SMILES string of the molecule is Fc1ccc(C2CN(c3ccc(C(F)(F)F)c(-c4[nH]nc5ncccc45)n3)CCN2)cc1.[HH]. The molecule has 10 heteroatoms. The first-order chi connectivity index (χ1) is 15.4. The minimum atomic E-state index is -4.58. The number of piperazine rings is 1. The van der Waals surface area contributed by atoms with Gasteiger partial charge in [-0.3, -0.25) is 5.10 Å². The van der Waals surface area contributed by atoms with Crippen LogP contribution in [-0.4, -0.2) is 39.8 Å². The highest BCUT2D eigenvalue weighted by Crippen LogP contribution is 2.38. The highest BCUT2D eigenvalue weighted by atomic mass is 19.4. The summed E-state index contributed by atoms with van der Waals surface area (Å²) in [7, 11) is 0. The molecule has 1 unspecified atom stereocenters. The summed E-state index contributed by atoms with van der Waals surface area (Å²) in [5.41, 5.74) is 0.325. The van der Waals surface area contributed by atoms with Gasteiger partial charge in [0.25, 0.3) is 0 Å². The Morgan fingerprint density at radius 1 is 1.06 bits per heavy atom. The van der Waals surface area contributed by atoms with Crippen LogP contribution in [0.3, 0.4) is 0 Å². The molecule has 1 atom stereocenters. The summed E-state index contributed by atoms with van der Waals surface area (Å²) < 4.78 is 54.6. The third-order valence-electron chi connectivity index (χ3n) is 5.52. The van der Waals surface area contributed by atoms with Gasteiger partial charge in [0.05, 0.1) is 11.3 Å². The molecule has 0 radical (unpaired) electrons. The van der Waals surface area contributed by atoms with Crippen LogP contribution in [0.1, 0.15) is 18.6 Å². The number of H-pyrrole nitrogens is 1. The summed E-state index contributed by atoms with van der Waals surface area (Å²) in [5, 5.41) is 10.5. The van der Waals surface area contributed by atoms with Gasteiger partial charge in [-0.15, -0.1) is 0 Å². The molecular weight excluding hydrogens is 424 g/mol. The molecule has 1 aromatic carbocycles. The van der Waals surface area contributed by atoms with Gasteiger partial charge in [0.15, 0.2) is 5.65 Å². The zero-order valence-corrected chi connectivity index (χ0v) is 16.7. The van der Waals surface area contributed by atoms with Gasteiger partial charge in [-0.25, -0.2) is 14.4 Å². The number of fused-ring (bicyclic) bond motifs is 1. The Morgan fingerprint density at radius 3 is 2.66 bits per heavy atom. The normalized spacial score (nSPS) is 17.1. The second-order valence-electron chi connectivity index (χ2n) is 7.54. The number of rotatable bonds is 3. The summed E-state index contributed by atoms with van der Waals surface area (Å²) in [6.45, 7) is 1.66. The van der Waals surface area contributed by atoms with Crippen molar-refractivity contribution in [2.45, 2.75) is 12.2 Å². The molecule has 4 aromatic rings. The molecule has 166 valence electrons. The molecule has 0 spiro atoms. The van der Waals surface area contributed by atoms with Gasteiger partial charge in [0.1, 0.15) is 17.3 Å². The van der Waals surface area contributed by atoms with Gasteiger partial charge in [0.2, 0.25) is 0 Å². The van der Waals surface area contributed by atoms with Crippen molar-refractivity contribution in [3.8, 4) is 11.4 Å². The van der Waals surface area contributed by atoms with Gasteiger partial charge in [-0.2, -0.15) is 18.3 Å². The number of nitrogens with zero attached hydrogens (tertiary/aromatic N) is 4. The van der Waals surface area contributed by atoms with Gasteiger partial charge >= 0.3 is 6.18 Å². The lowest BCUT2D eigenvalue weighted by molar-refractivity contribution is -0.137. The van der Waals surface area contributed by atoms with Crippen LogP contribution >= 0.6 is 0 Å². The summed E-state index contributed by atoms with van der Waals surface area (Å²) in [4.78, 5) is 10.4. The van der Waals surface area contributed by atoms with E-state index in [0.29, 0.717) is 36.5 Å². The van der Waals surface area contributed by atoms with E-state index >= 15 is 0 Å². The van der Waals surface area contributed by atoms with E-state index in [1.54, 1.807) is 24.3 Å². The van der Waals surface area contributed by atoms with Crippen LogP contribution in [0.15, 0.2) is 54.7 Å². The zero-order valence-electron chi connectivity index (χ0n) is 16.7. The maximum atomic E-state index is 13.8. The fourth-order valence-electron chi connectivity index (χ4n) is 3.95. The molecule has 2 N–H and O–H groups in total. The molecule has 5 rings (SSSR count). The van der Waals surface area contributed by atoms with E-state index in [1.807, 2.05) is 4.90 Å². The second kappa shape index (κ2) is 7.86. The fraction of sp³-hybridized carbons (Fsp3) is 0.227. The van der Waals surface area contributed by atoms with Crippen molar-refractivity contribution in [2.75, 3.05) is 24.5 Å². The smallest absolute Gasteiger partial charge is 0.353 e. The number of halogens is 4. The number of pyridine rings is 2. The summed E-state index contributed by atoms with van der Waals surface area (Å²) in [6.07, 6.45) is -3.06. The highest BCUT2D eigenvalue weighted by molar-refractivity contribution is 5.90. The van der Waals surface area contributed by atoms with Gasteiger partial charge in [-0.05, 0) is 42.0 Å². The number of nitrogens with one attached hydrogen (secondary N) is 2. The topological polar surface area (TPSA) is 69.7 Å². The molecule has 1 aliphatic rings. The van der Waals surface area contributed by atoms with Crippen molar-refractivity contribution in [3.63, 3.8) is 0 Å². The summed E-state index contributed by atoms with van der Waals surface area (Å²) >= 11 is 0. The van der Waals surface area contributed by atoms with E-state index in [1.165, 1.54) is 24.4 Å². The third kappa shape index (κ3) is 3.77. The maximum absolute atomic E-state index is 13.8. The van der Waals surface area contributed by atoms with Gasteiger partial charge in [0, 0.05) is 38.7 Å². The molecule has 3 aromatic heterocycles. The summed E-state index contributed by atoms with van der Waals surface area (Å²) in [5.74, 6) is 0.102. The maximum Gasteiger partial charge on any atom is 0.418 e. The van der Waals surface area contributed by atoms with Crippen molar-refractivity contribution in [2.24, 2.45) is 0 Å². The van der Waals surface area contributed by atoms with E-state index in [4.69, 9.17) is 0 Å². The molecule has 0 aliphatic carbocycles. The van der Waals surface area contributed by atoms with E-state index < -0.39 is 11.7 Å². The van der Waals surface area contributed by atoms with E-state index in [-0.39, 0.29) is 24.7 Å². The number of hydrogen-bond acceptors (Lipinski definition) is 5. The first kappa shape index (κ1) is 20.4. The lowest BCUT2D eigenvalue weighted by atomic mass is 10.0. The molecule has 1 aliphatic heterocycles. The van der Waals surface area contributed by atoms with Crippen LogP contribution in [0.4, 0.5) is 23.4 Å². The first-order valence-corrected chi connectivity index (χ1v) is 10.0. The second-order valence-corrected chi connectivity index (χ2v) is 7.54. The summed E-state index contributed by atoms with van der Waals surface area (Å²) in [6, 6.07) is 11.8. The standard InChI is InChI=1S/C22H18F4N6.H2/c23-14-5-3-13(4-6-14)17-12-32(11-10-27-17)18-8-7-16(22(24,25)26)20(29-18)19-15-2-1-9-28-21(15)31-30-19;/h1-9,17,27H,10-12H2,(H,28,30,31);1H. The Kier molecular flexibility index (Phi) is 5.01. The highest BCUT2D eigenvalue weighted by Gasteiger charge is 2.36. The zero-order chi connectivity index (χ0) is 22.3. The van der Waals surface area contributed by atoms with Crippen LogP contribution in [0.25, 0.3) is 22.4 Å². The van der Waals surface area contributed by atoms with Crippen molar-refractivity contribution in [1.82, 2.24) is 25.5 Å². The number of hydrogen-bond donors (Lipinski definition) is 2. The van der Waals surface area contributed by atoms with Crippen molar-refractivity contribution in [3.05, 3.63) is 71.7 Å². The molecule has 6 nitrogen and oxygen atoms in total. The molecule has 1 fully saturated rings. The fourth-order valence-corrected chi connectivity index (χ4v) is 3.95. The van der Waals surface area contributed by atoms with E-state index in [9.17, 15) is 17.6 Å². The van der Waals surface area contributed by atoms with Crippen LogP contribution < -0.4 is 10.2 Å². The minimum Gasteiger partial charge on any atom is -0.353 e. The van der Waals surface area contributed by atoms with Crippen molar-refractivity contribution < 1.29 is 19.0 Å². The quantitative estimate of drug-likeness (QED) is 0.453. The van der Waals surface area contributed by atoms with Crippen molar-refractivity contribution in [1.29, 1.82) is 0 Å². The van der Waals surface area contributed by atoms with Crippen LogP contribution in [0, 0.1) is 5.82 Å². The van der Waals surface area contributed by atoms with E-state index in [2.05, 4.69) is 25.5 Å². The lowest BCUT2D eigenvalue weighted by Crippen LogP contribution is -2.46. The van der Waals surface area contributed by atoms with Gasteiger partial charge in [-0.1, -0.05) is 12.1 Å². The van der Waals surface area contributed by atoms with Crippen LogP contribution in [-0.2, 0) is 6.18 Å². The predicted molar refractivity (Wildman–Crippen MR) is 114 cm³/mol. The Balaban J connectivity index is 0.00000259. The van der Waals surface area contributed by atoms with Crippen molar-refractivity contribution >= 4 is 16.9 Å². The number of anilines is 1. The molecule has 0 bridgehead atoms. The van der Waals surface area contributed by atoms with Gasteiger partial charge < -0.3 is 10.2 Å². The average Bonchev–Trinajstić information content (AvgIpc) is 3.23. The largest absolute Gasteiger partial charge is 0.418 e. The Morgan fingerprint density at radius 2 is 1.88 bits per heavy atom. The molecule has 32 heavy (non-hydrogen) atoms. The first-order valence-electron chi connectivity index (χ1n) is 10.0. The average molecular weight is 444 g/mol. The predicted octanol–water partition coefficient (Wildman–Crippen LogP) is 4.57. The number of aromatic nitrogens is 4. The lowest BCUT2D eigenvalue weighted by Gasteiger charge is -2.35. The molecule has 1 saturated heterocycles. The molecule has 0 saturated carbocycles. The van der Waals surface area contributed by atoms with E-state index in [0.717, 1.165) is 11.6 Å². The molecular formula is C22H20F4N6. The Hall–Kier alpha value is -3.53. The minimum absolute atomic E-state index is 0. The molecule has 0 amide bonds. The number of aromatic amines is 1. The third-order valence-corrected chi connectivity index (χ3v) is 5.52. The Labute approximate surface area is 181 Å². The number of benzene rings is 1. The monoisotopic (exact) mass is 444 g/mol. The van der Waals surface area contributed by atoms with Crippen LogP contribution in [0.2, 0.25) is 0 Å². The molecule has 4 heterocycles.